The normalized spacial score (nSPS) is 45.8. The van der Waals surface area contributed by atoms with Crippen molar-refractivity contribution >= 4 is 0 Å². The summed E-state index contributed by atoms with van der Waals surface area (Å²) in [4.78, 5) is 0. The third kappa shape index (κ3) is 2.02. The van der Waals surface area contributed by atoms with Crippen molar-refractivity contribution in [3.05, 3.63) is 12.2 Å². The van der Waals surface area contributed by atoms with Crippen molar-refractivity contribution in [1.82, 2.24) is 0 Å². The molecule has 0 aromatic rings. The number of aliphatic hydroxyl groups is 3. The summed E-state index contributed by atoms with van der Waals surface area (Å²) in [6.45, 7) is 9.91. The van der Waals surface area contributed by atoms with Crippen LogP contribution in [-0.4, -0.2) is 33.1 Å². The summed E-state index contributed by atoms with van der Waals surface area (Å²) in [5.41, 5.74) is 0.00823. The highest BCUT2D eigenvalue weighted by Gasteiger charge is 2.53. The standard InChI is InChI=1S/C15H26O3/c1-9-7-12(16)13(17)10(2)15(9)6-5-11(8-15)14(3,4)18/h9,11-13,16-18H,2,5-8H2,1,3-4H3/t9-,11+,12+,13+,15-/m0/s1. The molecule has 2 aliphatic rings. The molecule has 0 saturated heterocycles. The Balaban J connectivity index is 2.24. The highest BCUT2D eigenvalue weighted by molar-refractivity contribution is 5.24. The van der Waals surface area contributed by atoms with Gasteiger partial charge in [-0.15, -0.1) is 0 Å². The Morgan fingerprint density at radius 1 is 1.33 bits per heavy atom. The number of aliphatic hydroxyl groups excluding tert-OH is 2. The molecular formula is C15H26O3. The second-order valence-electron chi connectivity index (χ2n) is 6.92. The minimum Gasteiger partial charge on any atom is -0.390 e. The molecule has 1 spiro atoms. The molecule has 0 aromatic carbocycles. The molecule has 0 radical (unpaired) electrons. The van der Waals surface area contributed by atoms with Gasteiger partial charge in [-0.1, -0.05) is 13.5 Å². The minimum absolute atomic E-state index is 0.0939. The van der Waals surface area contributed by atoms with Crippen molar-refractivity contribution < 1.29 is 15.3 Å². The van der Waals surface area contributed by atoms with Crippen LogP contribution in [0.1, 0.15) is 46.5 Å². The Morgan fingerprint density at radius 3 is 2.44 bits per heavy atom. The van der Waals surface area contributed by atoms with Crippen LogP contribution in [0.4, 0.5) is 0 Å². The van der Waals surface area contributed by atoms with Crippen molar-refractivity contribution in [3.8, 4) is 0 Å². The SMILES string of the molecule is C=C1[C@@H](O)[C@H](O)C[C@H](C)[C@@]12CC[C@@H](C(C)(C)O)C2. The van der Waals surface area contributed by atoms with Crippen LogP contribution in [0.25, 0.3) is 0 Å². The molecule has 2 saturated carbocycles. The Bertz CT molecular complexity index is 344. The fourth-order valence-corrected chi connectivity index (χ4v) is 3.98. The fraction of sp³-hybridized carbons (Fsp3) is 0.867. The summed E-state index contributed by atoms with van der Waals surface area (Å²) in [5, 5.41) is 30.1. The van der Waals surface area contributed by atoms with Crippen molar-refractivity contribution in [2.45, 2.75) is 64.3 Å². The van der Waals surface area contributed by atoms with Gasteiger partial charge in [-0.3, -0.25) is 0 Å². The molecule has 0 aliphatic heterocycles. The predicted octanol–water partition coefficient (Wildman–Crippen LogP) is 1.86. The number of rotatable bonds is 1. The molecule has 2 rings (SSSR count). The molecule has 0 bridgehead atoms. The van der Waals surface area contributed by atoms with Crippen LogP contribution in [0, 0.1) is 17.3 Å². The molecule has 0 heterocycles. The van der Waals surface area contributed by atoms with Gasteiger partial charge in [0.2, 0.25) is 0 Å². The second-order valence-corrected chi connectivity index (χ2v) is 6.92. The fourth-order valence-electron chi connectivity index (χ4n) is 3.98. The van der Waals surface area contributed by atoms with E-state index >= 15 is 0 Å². The van der Waals surface area contributed by atoms with E-state index in [4.69, 9.17) is 0 Å². The van der Waals surface area contributed by atoms with E-state index in [-0.39, 0.29) is 11.3 Å². The molecule has 0 aromatic heterocycles. The number of hydrogen-bond acceptors (Lipinski definition) is 3. The molecule has 2 aliphatic carbocycles. The summed E-state index contributed by atoms with van der Waals surface area (Å²) in [6, 6.07) is 0. The first kappa shape index (κ1) is 14.0. The first-order valence-electron chi connectivity index (χ1n) is 6.96. The summed E-state index contributed by atoms with van der Waals surface area (Å²) < 4.78 is 0. The average molecular weight is 254 g/mol. The zero-order valence-corrected chi connectivity index (χ0v) is 11.7. The highest BCUT2D eigenvalue weighted by atomic mass is 16.3. The zero-order valence-electron chi connectivity index (χ0n) is 11.7. The van der Waals surface area contributed by atoms with E-state index < -0.39 is 17.8 Å². The molecular weight excluding hydrogens is 228 g/mol. The van der Waals surface area contributed by atoms with Gasteiger partial charge in [0.25, 0.3) is 0 Å². The lowest BCUT2D eigenvalue weighted by atomic mass is 9.61. The van der Waals surface area contributed by atoms with Gasteiger partial charge in [-0.05, 0) is 62.4 Å². The second kappa shape index (κ2) is 4.32. The average Bonchev–Trinajstić information content (AvgIpc) is 2.70. The lowest BCUT2D eigenvalue weighted by molar-refractivity contribution is -0.0393. The van der Waals surface area contributed by atoms with E-state index in [0.29, 0.717) is 12.3 Å². The van der Waals surface area contributed by atoms with Gasteiger partial charge in [0.1, 0.15) is 6.10 Å². The summed E-state index contributed by atoms with van der Waals surface area (Å²) in [5.74, 6) is 0.565. The summed E-state index contributed by atoms with van der Waals surface area (Å²) in [6.07, 6.45) is 1.95. The zero-order chi connectivity index (χ0) is 13.7. The van der Waals surface area contributed by atoms with Gasteiger partial charge < -0.3 is 15.3 Å². The minimum atomic E-state index is -0.804. The molecule has 3 N–H and O–H groups in total. The third-order valence-corrected chi connectivity index (χ3v) is 5.45. The van der Waals surface area contributed by atoms with Crippen molar-refractivity contribution in [2.24, 2.45) is 17.3 Å². The Morgan fingerprint density at radius 2 is 1.94 bits per heavy atom. The molecule has 2 fully saturated rings. The van der Waals surface area contributed by atoms with E-state index in [1.165, 1.54) is 0 Å². The van der Waals surface area contributed by atoms with Gasteiger partial charge in [-0.2, -0.15) is 0 Å². The van der Waals surface area contributed by atoms with Gasteiger partial charge in [0, 0.05) is 0 Å². The van der Waals surface area contributed by atoms with Crippen LogP contribution in [-0.2, 0) is 0 Å². The first-order valence-corrected chi connectivity index (χ1v) is 6.96. The lowest BCUT2D eigenvalue weighted by Gasteiger charge is -2.46. The summed E-state index contributed by atoms with van der Waals surface area (Å²) >= 11 is 0. The van der Waals surface area contributed by atoms with E-state index in [1.807, 2.05) is 13.8 Å². The quantitative estimate of drug-likeness (QED) is 0.626. The van der Waals surface area contributed by atoms with Crippen molar-refractivity contribution in [1.29, 1.82) is 0 Å². The van der Waals surface area contributed by atoms with Crippen LogP contribution in [0.2, 0.25) is 0 Å². The topological polar surface area (TPSA) is 60.7 Å². The lowest BCUT2D eigenvalue weighted by Crippen LogP contribution is -2.46. The number of hydrogen-bond donors (Lipinski definition) is 3. The van der Waals surface area contributed by atoms with E-state index in [0.717, 1.165) is 24.8 Å². The maximum atomic E-state index is 10.2. The smallest absolute Gasteiger partial charge is 0.101 e. The summed E-state index contributed by atoms with van der Waals surface area (Å²) in [7, 11) is 0. The van der Waals surface area contributed by atoms with Crippen LogP contribution < -0.4 is 0 Å². The van der Waals surface area contributed by atoms with E-state index in [2.05, 4.69) is 13.5 Å². The molecule has 104 valence electrons. The molecule has 0 amide bonds. The van der Waals surface area contributed by atoms with Gasteiger partial charge in [-0.25, -0.2) is 0 Å². The van der Waals surface area contributed by atoms with Gasteiger partial charge in [0.05, 0.1) is 11.7 Å². The van der Waals surface area contributed by atoms with Gasteiger partial charge in [0.15, 0.2) is 0 Å². The maximum Gasteiger partial charge on any atom is 0.101 e. The van der Waals surface area contributed by atoms with Crippen LogP contribution >= 0.6 is 0 Å². The van der Waals surface area contributed by atoms with Crippen molar-refractivity contribution in [2.75, 3.05) is 0 Å². The highest BCUT2D eigenvalue weighted by Crippen LogP contribution is 2.58. The Hall–Kier alpha value is -0.380. The first-order chi connectivity index (χ1) is 8.18. The Labute approximate surface area is 110 Å². The van der Waals surface area contributed by atoms with E-state index in [9.17, 15) is 15.3 Å². The molecule has 0 unspecified atom stereocenters. The molecule has 3 nitrogen and oxygen atoms in total. The van der Waals surface area contributed by atoms with Crippen LogP contribution in [0.3, 0.4) is 0 Å². The maximum absolute atomic E-state index is 10.2. The van der Waals surface area contributed by atoms with E-state index in [1.54, 1.807) is 0 Å². The predicted molar refractivity (Wildman–Crippen MR) is 71.0 cm³/mol. The largest absolute Gasteiger partial charge is 0.390 e. The Kier molecular flexibility index (Phi) is 3.37. The van der Waals surface area contributed by atoms with Crippen LogP contribution in [0.15, 0.2) is 12.2 Å². The van der Waals surface area contributed by atoms with Crippen molar-refractivity contribution in [3.63, 3.8) is 0 Å². The third-order valence-electron chi connectivity index (χ3n) is 5.45. The van der Waals surface area contributed by atoms with Gasteiger partial charge >= 0.3 is 0 Å². The molecule has 18 heavy (non-hydrogen) atoms. The monoisotopic (exact) mass is 254 g/mol. The van der Waals surface area contributed by atoms with Crippen LogP contribution in [0.5, 0.6) is 0 Å². The molecule has 5 atom stereocenters. The molecule has 3 heteroatoms.